The van der Waals surface area contributed by atoms with E-state index in [-0.39, 0.29) is 0 Å². The molecule has 112 valence electrons. The number of rotatable bonds is 5. The van der Waals surface area contributed by atoms with E-state index in [9.17, 15) is 0 Å². The molecule has 1 aromatic carbocycles. The van der Waals surface area contributed by atoms with Crippen molar-refractivity contribution in [3.05, 3.63) is 30.0 Å². The molecule has 1 saturated heterocycles. The third-order valence-corrected chi connectivity index (χ3v) is 4.13. The number of aryl methyl sites for hydroxylation is 1. The van der Waals surface area contributed by atoms with E-state index in [0.29, 0.717) is 5.92 Å². The number of nitrogens with one attached hydrogen (secondary N) is 1. The van der Waals surface area contributed by atoms with Crippen molar-refractivity contribution in [2.24, 2.45) is 5.92 Å². The van der Waals surface area contributed by atoms with Crippen LogP contribution in [0.25, 0.3) is 11.0 Å². The number of anilines is 1. The second kappa shape index (κ2) is 6.39. The SMILES string of the molecule is Cc1nc2ccccc2nc1NCC(C)CN1CCCC1. The zero-order valence-corrected chi connectivity index (χ0v) is 13.0. The van der Waals surface area contributed by atoms with Crippen LogP contribution < -0.4 is 5.32 Å². The third-order valence-electron chi connectivity index (χ3n) is 4.13. The van der Waals surface area contributed by atoms with Crippen LogP contribution in [0.15, 0.2) is 24.3 Å². The predicted molar refractivity (Wildman–Crippen MR) is 87.6 cm³/mol. The molecule has 0 bridgehead atoms. The Hall–Kier alpha value is -1.68. The van der Waals surface area contributed by atoms with Crippen LogP contribution in [0.5, 0.6) is 0 Å². The fourth-order valence-corrected chi connectivity index (χ4v) is 3.00. The second-order valence-electron chi connectivity index (χ2n) is 6.14. The molecule has 2 aromatic rings. The summed E-state index contributed by atoms with van der Waals surface area (Å²) in [6.07, 6.45) is 2.71. The fraction of sp³-hybridized carbons (Fsp3) is 0.529. The highest BCUT2D eigenvalue weighted by Gasteiger charge is 2.15. The van der Waals surface area contributed by atoms with Crippen LogP contribution >= 0.6 is 0 Å². The molecular formula is C17H24N4. The number of likely N-dealkylation sites (tertiary alicyclic amines) is 1. The molecule has 0 aliphatic carbocycles. The minimum absolute atomic E-state index is 0.621. The van der Waals surface area contributed by atoms with Crippen molar-refractivity contribution >= 4 is 16.9 Å². The molecule has 21 heavy (non-hydrogen) atoms. The maximum absolute atomic E-state index is 4.69. The normalized spacial score (nSPS) is 17.2. The Kier molecular flexibility index (Phi) is 4.34. The number of nitrogens with zero attached hydrogens (tertiary/aromatic N) is 3. The summed E-state index contributed by atoms with van der Waals surface area (Å²) < 4.78 is 0. The average Bonchev–Trinajstić information content (AvgIpc) is 2.98. The second-order valence-corrected chi connectivity index (χ2v) is 6.14. The van der Waals surface area contributed by atoms with Gasteiger partial charge in [-0.15, -0.1) is 0 Å². The highest BCUT2D eigenvalue weighted by molar-refractivity contribution is 5.76. The Bertz CT molecular complexity index is 605. The molecule has 0 spiro atoms. The van der Waals surface area contributed by atoms with E-state index >= 15 is 0 Å². The van der Waals surface area contributed by atoms with Crippen molar-refractivity contribution < 1.29 is 0 Å². The van der Waals surface area contributed by atoms with E-state index in [1.807, 2.05) is 31.2 Å². The minimum atomic E-state index is 0.621. The van der Waals surface area contributed by atoms with Gasteiger partial charge in [-0.2, -0.15) is 0 Å². The molecule has 1 N–H and O–H groups in total. The van der Waals surface area contributed by atoms with Crippen LogP contribution in [0.3, 0.4) is 0 Å². The van der Waals surface area contributed by atoms with E-state index in [1.165, 1.54) is 32.5 Å². The maximum atomic E-state index is 4.69. The molecule has 1 aromatic heterocycles. The van der Waals surface area contributed by atoms with Crippen LogP contribution in [0.4, 0.5) is 5.82 Å². The quantitative estimate of drug-likeness (QED) is 0.916. The van der Waals surface area contributed by atoms with Crippen LogP contribution in [0.2, 0.25) is 0 Å². The summed E-state index contributed by atoms with van der Waals surface area (Å²) in [5.41, 5.74) is 2.89. The van der Waals surface area contributed by atoms with Crippen molar-refractivity contribution in [1.82, 2.24) is 14.9 Å². The average molecular weight is 284 g/mol. The summed E-state index contributed by atoms with van der Waals surface area (Å²) >= 11 is 0. The smallest absolute Gasteiger partial charge is 0.148 e. The molecule has 4 heteroatoms. The van der Waals surface area contributed by atoms with Crippen LogP contribution in [-0.2, 0) is 0 Å². The summed E-state index contributed by atoms with van der Waals surface area (Å²) in [6, 6.07) is 8.03. The monoisotopic (exact) mass is 284 g/mol. The molecule has 1 unspecified atom stereocenters. The zero-order valence-electron chi connectivity index (χ0n) is 13.0. The van der Waals surface area contributed by atoms with Gasteiger partial charge in [-0.3, -0.25) is 0 Å². The van der Waals surface area contributed by atoms with Gasteiger partial charge in [0.1, 0.15) is 5.82 Å². The van der Waals surface area contributed by atoms with Gasteiger partial charge in [0.05, 0.1) is 16.7 Å². The Morgan fingerprint density at radius 3 is 2.52 bits per heavy atom. The van der Waals surface area contributed by atoms with Gasteiger partial charge in [0.25, 0.3) is 0 Å². The summed E-state index contributed by atoms with van der Waals surface area (Å²) in [4.78, 5) is 11.9. The summed E-state index contributed by atoms with van der Waals surface area (Å²) in [5.74, 6) is 1.54. The van der Waals surface area contributed by atoms with Crippen LogP contribution in [0, 0.1) is 12.8 Å². The molecule has 1 fully saturated rings. The van der Waals surface area contributed by atoms with Crippen molar-refractivity contribution in [2.45, 2.75) is 26.7 Å². The highest BCUT2D eigenvalue weighted by Crippen LogP contribution is 2.17. The largest absolute Gasteiger partial charge is 0.368 e. The lowest BCUT2D eigenvalue weighted by atomic mass is 10.1. The van der Waals surface area contributed by atoms with Gasteiger partial charge in [-0.25, -0.2) is 9.97 Å². The van der Waals surface area contributed by atoms with Crippen molar-refractivity contribution in [2.75, 3.05) is 31.5 Å². The van der Waals surface area contributed by atoms with E-state index in [1.54, 1.807) is 0 Å². The zero-order chi connectivity index (χ0) is 14.7. The van der Waals surface area contributed by atoms with E-state index in [4.69, 9.17) is 4.98 Å². The van der Waals surface area contributed by atoms with Gasteiger partial charge in [0.2, 0.25) is 0 Å². The van der Waals surface area contributed by atoms with Gasteiger partial charge in [0.15, 0.2) is 0 Å². The molecule has 2 heterocycles. The lowest BCUT2D eigenvalue weighted by Crippen LogP contribution is -2.29. The first-order chi connectivity index (χ1) is 10.2. The molecule has 1 aliphatic rings. The number of hydrogen-bond donors (Lipinski definition) is 1. The first-order valence-electron chi connectivity index (χ1n) is 7.92. The number of fused-ring (bicyclic) bond motifs is 1. The van der Waals surface area contributed by atoms with Crippen molar-refractivity contribution in [3.8, 4) is 0 Å². The molecule has 0 saturated carbocycles. The summed E-state index contributed by atoms with van der Waals surface area (Å²) in [6.45, 7) is 8.97. The van der Waals surface area contributed by atoms with Crippen molar-refractivity contribution in [3.63, 3.8) is 0 Å². The summed E-state index contributed by atoms with van der Waals surface area (Å²) in [5, 5.41) is 3.48. The lowest BCUT2D eigenvalue weighted by molar-refractivity contribution is 0.294. The number of hydrogen-bond acceptors (Lipinski definition) is 4. The van der Waals surface area contributed by atoms with Gasteiger partial charge < -0.3 is 10.2 Å². The Morgan fingerprint density at radius 2 is 1.81 bits per heavy atom. The number of para-hydroxylation sites is 2. The molecule has 3 rings (SSSR count). The van der Waals surface area contributed by atoms with Gasteiger partial charge in [-0.05, 0) is 50.9 Å². The first kappa shape index (κ1) is 14.3. The lowest BCUT2D eigenvalue weighted by Gasteiger charge is -2.21. The molecule has 0 radical (unpaired) electrons. The van der Waals surface area contributed by atoms with E-state index < -0.39 is 0 Å². The Labute approximate surface area is 126 Å². The minimum Gasteiger partial charge on any atom is -0.368 e. The van der Waals surface area contributed by atoms with E-state index in [0.717, 1.165) is 29.1 Å². The van der Waals surface area contributed by atoms with Crippen LogP contribution in [0.1, 0.15) is 25.5 Å². The Balaban J connectivity index is 1.62. The number of benzene rings is 1. The van der Waals surface area contributed by atoms with Gasteiger partial charge >= 0.3 is 0 Å². The summed E-state index contributed by atoms with van der Waals surface area (Å²) in [7, 11) is 0. The van der Waals surface area contributed by atoms with E-state index in [2.05, 4.69) is 22.1 Å². The third kappa shape index (κ3) is 3.50. The standard InChI is InChI=1S/C17H24N4/c1-13(12-21-9-5-6-10-21)11-18-17-14(2)19-15-7-3-4-8-16(15)20-17/h3-4,7-8,13H,5-6,9-12H2,1-2H3,(H,18,20). The topological polar surface area (TPSA) is 41.1 Å². The fourth-order valence-electron chi connectivity index (χ4n) is 3.00. The van der Waals surface area contributed by atoms with Gasteiger partial charge in [0, 0.05) is 13.1 Å². The predicted octanol–water partition coefficient (Wildman–Crippen LogP) is 3.08. The highest BCUT2D eigenvalue weighted by atomic mass is 15.1. The molecule has 4 nitrogen and oxygen atoms in total. The molecule has 1 atom stereocenters. The first-order valence-corrected chi connectivity index (χ1v) is 7.92. The maximum Gasteiger partial charge on any atom is 0.148 e. The molecule has 0 amide bonds. The molecular weight excluding hydrogens is 260 g/mol. The van der Waals surface area contributed by atoms with Crippen molar-refractivity contribution in [1.29, 1.82) is 0 Å². The van der Waals surface area contributed by atoms with Crippen LogP contribution in [-0.4, -0.2) is 41.0 Å². The number of aromatic nitrogens is 2. The molecule has 1 aliphatic heterocycles. The Morgan fingerprint density at radius 1 is 1.14 bits per heavy atom. The van der Waals surface area contributed by atoms with Gasteiger partial charge in [-0.1, -0.05) is 19.1 Å².